The first-order valence-electron chi connectivity index (χ1n) is 7.11. The third kappa shape index (κ3) is 3.56. The zero-order valence-electron chi connectivity index (χ0n) is 11.0. The third-order valence-corrected chi connectivity index (χ3v) is 4.73. The highest BCUT2D eigenvalue weighted by atomic mass is 79.9. The number of nitrogens with one attached hydrogen (secondary N) is 1. The average molecular weight is 327 g/mol. The van der Waals surface area contributed by atoms with E-state index in [9.17, 15) is 4.39 Å². The van der Waals surface area contributed by atoms with Crippen molar-refractivity contribution < 1.29 is 4.39 Å². The first-order chi connectivity index (χ1) is 9.22. The van der Waals surface area contributed by atoms with Gasteiger partial charge in [0.05, 0.1) is 4.47 Å². The third-order valence-electron chi connectivity index (χ3n) is 4.13. The molecule has 1 saturated carbocycles. The fourth-order valence-corrected chi connectivity index (χ4v) is 3.30. The Hall–Kier alpha value is -0.450. The SMILES string of the molecule is Fc1ccc(CNCC2CCN(C3CC3)C2)cc1Br. The Balaban J connectivity index is 1.41. The minimum absolute atomic E-state index is 0.195. The summed E-state index contributed by atoms with van der Waals surface area (Å²) in [5.41, 5.74) is 1.13. The normalized spacial score (nSPS) is 24.0. The van der Waals surface area contributed by atoms with Crippen LogP contribution in [0.4, 0.5) is 4.39 Å². The minimum Gasteiger partial charge on any atom is -0.312 e. The molecule has 1 unspecified atom stereocenters. The summed E-state index contributed by atoms with van der Waals surface area (Å²) in [6.07, 6.45) is 4.13. The van der Waals surface area contributed by atoms with Crippen LogP contribution in [-0.4, -0.2) is 30.6 Å². The molecule has 1 aromatic rings. The smallest absolute Gasteiger partial charge is 0.137 e. The lowest BCUT2D eigenvalue weighted by molar-refractivity contribution is 0.312. The molecule has 4 heteroatoms. The van der Waals surface area contributed by atoms with E-state index in [4.69, 9.17) is 0 Å². The van der Waals surface area contributed by atoms with E-state index >= 15 is 0 Å². The van der Waals surface area contributed by atoms with Crippen molar-refractivity contribution in [1.29, 1.82) is 0 Å². The molecule has 0 spiro atoms. The Morgan fingerprint density at radius 3 is 2.89 bits per heavy atom. The average Bonchev–Trinajstić information content (AvgIpc) is 3.14. The molecule has 1 aliphatic carbocycles. The van der Waals surface area contributed by atoms with Crippen molar-refractivity contribution in [2.75, 3.05) is 19.6 Å². The number of nitrogens with zero attached hydrogens (tertiary/aromatic N) is 1. The van der Waals surface area contributed by atoms with Crippen LogP contribution in [0.2, 0.25) is 0 Å². The number of hydrogen-bond acceptors (Lipinski definition) is 2. The molecule has 0 aromatic heterocycles. The fourth-order valence-electron chi connectivity index (χ4n) is 2.87. The first-order valence-corrected chi connectivity index (χ1v) is 7.90. The second-order valence-corrected chi connectivity index (χ2v) is 6.61. The molecule has 0 radical (unpaired) electrons. The quantitative estimate of drug-likeness (QED) is 0.894. The zero-order chi connectivity index (χ0) is 13.2. The lowest BCUT2D eigenvalue weighted by atomic mass is 10.1. The molecule has 19 heavy (non-hydrogen) atoms. The van der Waals surface area contributed by atoms with Crippen LogP contribution in [0.25, 0.3) is 0 Å². The van der Waals surface area contributed by atoms with Gasteiger partial charge in [-0.15, -0.1) is 0 Å². The molecule has 2 aliphatic rings. The van der Waals surface area contributed by atoms with Gasteiger partial charge in [0.1, 0.15) is 5.82 Å². The van der Waals surface area contributed by atoms with Crippen LogP contribution in [0.5, 0.6) is 0 Å². The summed E-state index contributed by atoms with van der Waals surface area (Å²) in [6, 6.07) is 6.12. The standard InChI is InChI=1S/C15H20BrFN2/c16-14-7-11(1-4-15(14)17)8-18-9-12-5-6-19(10-12)13-2-3-13/h1,4,7,12-13,18H,2-3,5-6,8-10H2. The maximum atomic E-state index is 13.1. The predicted molar refractivity (Wildman–Crippen MR) is 78.5 cm³/mol. The summed E-state index contributed by atoms with van der Waals surface area (Å²) in [4.78, 5) is 2.64. The van der Waals surface area contributed by atoms with Crippen LogP contribution in [0.1, 0.15) is 24.8 Å². The molecule has 2 fully saturated rings. The molecule has 3 rings (SSSR count). The monoisotopic (exact) mass is 326 g/mol. The van der Waals surface area contributed by atoms with Crippen LogP contribution < -0.4 is 5.32 Å². The molecule has 1 atom stereocenters. The molecule has 1 saturated heterocycles. The lowest BCUT2D eigenvalue weighted by Crippen LogP contribution is -2.27. The molecule has 1 aromatic carbocycles. The van der Waals surface area contributed by atoms with Gasteiger partial charge in [0.15, 0.2) is 0 Å². The van der Waals surface area contributed by atoms with Crippen molar-refractivity contribution >= 4 is 15.9 Å². The van der Waals surface area contributed by atoms with E-state index in [0.717, 1.165) is 30.6 Å². The van der Waals surface area contributed by atoms with Gasteiger partial charge in [-0.25, -0.2) is 4.39 Å². The van der Waals surface area contributed by atoms with Gasteiger partial charge in [0.25, 0.3) is 0 Å². The summed E-state index contributed by atoms with van der Waals surface area (Å²) in [5.74, 6) is 0.587. The highest BCUT2D eigenvalue weighted by molar-refractivity contribution is 9.10. The maximum Gasteiger partial charge on any atom is 0.137 e. The summed E-state index contributed by atoms with van der Waals surface area (Å²) in [6.45, 7) is 4.42. The van der Waals surface area contributed by atoms with Crippen LogP contribution >= 0.6 is 15.9 Å². The van der Waals surface area contributed by atoms with Crippen molar-refractivity contribution in [3.63, 3.8) is 0 Å². The molecule has 104 valence electrons. The van der Waals surface area contributed by atoms with Crippen molar-refractivity contribution in [1.82, 2.24) is 10.2 Å². The Morgan fingerprint density at radius 1 is 1.32 bits per heavy atom. The van der Waals surface area contributed by atoms with Gasteiger partial charge in [0, 0.05) is 19.1 Å². The fraction of sp³-hybridized carbons (Fsp3) is 0.600. The van der Waals surface area contributed by atoms with Gasteiger partial charge < -0.3 is 10.2 Å². The van der Waals surface area contributed by atoms with Gasteiger partial charge >= 0.3 is 0 Å². The van der Waals surface area contributed by atoms with Crippen molar-refractivity contribution in [2.45, 2.75) is 31.8 Å². The molecular weight excluding hydrogens is 307 g/mol. The van der Waals surface area contributed by atoms with E-state index < -0.39 is 0 Å². The molecular formula is C15H20BrFN2. The zero-order valence-corrected chi connectivity index (χ0v) is 12.6. The predicted octanol–water partition coefficient (Wildman–Crippen LogP) is 3.16. The number of likely N-dealkylation sites (tertiary alicyclic amines) is 1. The van der Waals surface area contributed by atoms with E-state index in [1.807, 2.05) is 12.1 Å². The van der Waals surface area contributed by atoms with Gasteiger partial charge in [-0.2, -0.15) is 0 Å². The van der Waals surface area contributed by atoms with Crippen molar-refractivity contribution in [3.05, 3.63) is 34.1 Å². The van der Waals surface area contributed by atoms with Gasteiger partial charge in [0.2, 0.25) is 0 Å². The molecule has 0 amide bonds. The van der Waals surface area contributed by atoms with Gasteiger partial charge in [-0.3, -0.25) is 0 Å². The van der Waals surface area contributed by atoms with E-state index in [-0.39, 0.29) is 5.82 Å². The van der Waals surface area contributed by atoms with E-state index in [1.54, 1.807) is 0 Å². The molecule has 2 nitrogen and oxygen atoms in total. The van der Waals surface area contributed by atoms with E-state index in [2.05, 4.69) is 26.1 Å². The Kier molecular flexibility index (Phi) is 4.20. The lowest BCUT2D eigenvalue weighted by Gasteiger charge is -2.15. The second-order valence-electron chi connectivity index (χ2n) is 5.76. The van der Waals surface area contributed by atoms with Crippen LogP contribution in [0.15, 0.2) is 22.7 Å². The Morgan fingerprint density at radius 2 is 2.16 bits per heavy atom. The molecule has 1 N–H and O–H groups in total. The van der Waals surface area contributed by atoms with E-state index in [1.165, 1.54) is 38.4 Å². The Bertz CT molecular complexity index is 448. The van der Waals surface area contributed by atoms with Crippen molar-refractivity contribution in [3.8, 4) is 0 Å². The van der Waals surface area contributed by atoms with Gasteiger partial charge in [-0.1, -0.05) is 6.07 Å². The van der Waals surface area contributed by atoms with Crippen LogP contribution in [0.3, 0.4) is 0 Å². The number of halogens is 2. The summed E-state index contributed by atoms with van der Waals surface area (Å²) < 4.78 is 13.7. The number of rotatable bonds is 5. The molecule has 0 bridgehead atoms. The summed E-state index contributed by atoms with van der Waals surface area (Å²) >= 11 is 3.23. The highest BCUT2D eigenvalue weighted by Crippen LogP contribution is 2.31. The minimum atomic E-state index is -0.195. The highest BCUT2D eigenvalue weighted by Gasteiger charge is 2.33. The van der Waals surface area contributed by atoms with E-state index in [0.29, 0.717) is 4.47 Å². The largest absolute Gasteiger partial charge is 0.312 e. The maximum absolute atomic E-state index is 13.1. The topological polar surface area (TPSA) is 15.3 Å². The second kappa shape index (κ2) is 5.90. The molecule has 1 heterocycles. The van der Waals surface area contributed by atoms with Gasteiger partial charge in [-0.05, 0) is 71.9 Å². The van der Waals surface area contributed by atoms with Crippen molar-refractivity contribution in [2.24, 2.45) is 5.92 Å². The van der Waals surface area contributed by atoms with Crippen LogP contribution in [-0.2, 0) is 6.54 Å². The Labute approximate surface area is 122 Å². The number of benzene rings is 1. The summed E-state index contributed by atoms with van der Waals surface area (Å²) in [7, 11) is 0. The summed E-state index contributed by atoms with van der Waals surface area (Å²) in [5, 5.41) is 3.50. The first kappa shape index (κ1) is 13.5. The number of hydrogen-bond donors (Lipinski definition) is 1. The van der Waals surface area contributed by atoms with Crippen LogP contribution in [0, 0.1) is 11.7 Å². The molecule has 1 aliphatic heterocycles.